The van der Waals surface area contributed by atoms with E-state index in [0.29, 0.717) is 11.0 Å². The number of hydrogen-bond acceptors (Lipinski definition) is 9. The fraction of sp³-hybridized carbons (Fsp3) is 0. The Bertz CT molecular complexity index is 1340. The van der Waals surface area contributed by atoms with Crippen LogP contribution in [0.15, 0.2) is 61.2 Å². The topological polar surface area (TPSA) is 171 Å². The molecule has 0 aliphatic rings. The highest BCUT2D eigenvalue weighted by Gasteiger charge is 2.26. The molecule has 0 unspecified atom stereocenters. The van der Waals surface area contributed by atoms with E-state index in [0.717, 1.165) is 12.4 Å². The minimum absolute atomic E-state index is 0.0146. The average Bonchev–Trinajstić information content (AvgIpc) is 3.21. The van der Waals surface area contributed by atoms with Crippen molar-refractivity contribution in [3.8, 4) is 5.82 Å². The average molecular weight is 420 g/mol. The smallest absolute Gasteiger partial charge is 0.277 e. The van der Waals surface area contributed by atoms with Gasteiger partial charge in [-0.25, -0.2) is 15.0 Å². The molecule has 0 bridgehead atoms. The first-order chi connectivity index (χ1) is 15.0. The molecule has 2 heterocycles. The summed E-state index contributed by atoms with van der Waals surface area (Å²) in [7, 11) is 0. The standard InChI is InChI=1S/C18H12N8O5/c27-18(11-4-3-5-12(8-11)25(28)29)23-22-16-15(26(30)31)17(20-9-19-16)24-10-21-13-6-1-2-7-14(13)24/h1-10H,(H,23,27)(H,19,20,22). The van der Waals surface area contributed by atoms with Gasteiger partial charge >= 0.3 is 5.69 Å². The lowest BCUT2D eigenvalue weighted by Crippen LogP contribution is -2.30. The van der Waals surface area contributed by atoms with Crippen molar-refractivity contribution < 1.29 is 14.6 Å². The van der Waals surface area contributed by atoms with E-state index in [1.165, 1.54) is 29.1 Å². The monoisotopic (exact) mass is 420 g/mol. The predicted octanol–water partition coefficient (Wildman–Crippen LogP) is 2.39. The fourth-order valence-corrected chi connectivity index (χ4v) is 2.88. The number of fused-ring (bicyclic) bond motifs is 1. The summed E-state index contributed by atoms with van der Waals surface area (Å²) in [6, 6.07) is 12.0. The van der Waals surface area contributed by atoms with Gasteiger partial charge in [-0.3, -0.25) is 40.4 Å². The van der Waals surface area contributed by atoms with Crippen molar-refractivity contribution in [2.24, 2.45) is 0 Å². The van der Waals surface area contributed by atoms with Gasteiger partial charge < -0.3 is 0 Å². The first kappa shape index (κ1) is 19.4. The molecule has 13 nitrogen and oxygen atoms in total. The lowest BCUT2D eigenvalue weighted by molar-refractivity contribution is -0.384. The highest BCUT2D eigenvalue weighted by Crippen LogP contribution is 2.29. The molecule has 0 fully saturated rings. The van der Waals surface area contributed by atoms with E-state index in [1.54, 1.807) is 24.3 Å². The van der Waals surface area contributed by atoms with Gasteiger partial charge in [-0.15, -0.1) is 0 Å². The van der Waals surface area contributed by atoms with Gasteiger partial charge in [0.25, 0.3) is 11.6 Å². The molecular formula is C18H12N8O5. The number of para-hydroxylation sites is 2. The van der Waals surface area contributed by atoms with Gasteiger partial charge in [0.2, 0.25) is 11.6 Å². The van der Waals surface area contributed by atoms with Crippen LogP contribution >= 0.6 is 0 Å². The highest BCUT2D eigenvalue weighted by molar-refractivity contribution is 5.95. The fourth-order valence-electron chi connectivity index (χ4n) is 2.88. The van der Waals surface area contributed by atoms with Crippen LogP contribution in [0.5, 0.6) is 0 Å². The van der Waals surface area contributed by atoms with Crippen LogP contribution in [0.25, 0.3) is 16.9 Å². The summed E-state index contributed by atoms with van der Waals surface area (Å²) in [5, 5.41) is 22.6. The summed E-state index contributed by atoms with van der Waals surface area (Å²) in [6.07, 6.45) is 2.49. The van der Waals surface area contributed by atoms with Gasteiger partial charge in [-0.2, -0.15) is 0 Å². The molecule has 2 aromatic heterocycles. The molecule has 1 amide bonds. The van der Waals surface area contributed by atoms with Gasteiger partial charge in [0.1, 0.15) is 12.7 Å². The number of amides is 1. The zero-order valence-electron chi connectivity index (χ0n) is 15.5. The lowest BCUT2D eigenvalue weighted by Gasteiger charge is -2.10. The quantitative estimate of drug-likeness (QED) is 0.351. The number of nitro groups is 2. The van der Waals surface area contributed by atoms with Gasteiger partial charge in [0.05, 0.1) is 20.9 Å². The van der Waals surface area contributed by atoms with Gasteiger partial charge in [-0.05, 0) is 18.2 Å². The number of imidazole rings is 1. The second-order valence-corrected chi connectivity index (χ2v) is 6.14. The van der Waals surface area contributed by atoms with E-state index in [4.69, 9.17) is 0 Å². The van der Waals surface area contributed by atoms with Crippen molar-refractivity contribution in [1.29, 1.82) is 0 Å². The van der Waals surface area contributed by atoms with E-state index in [-0.39, 0.29) is 22.9 Å². The molecule has 0 radical (unpaired) electrons. The number of benzene rings is 2. The zero-order valence-corrected chi connectivity index (χ0v) is 15.5. The van der Waals surface area contributed by atoms with Crippen LogP contribution in [0.4, 0.5) is 17.2 Å². The first-order valence-corrected chi connectivity index (χ1v) is 8.68. The maximum atomic E-state index is 12.3. The molecule has 2 N–H and O–H groups in total. The van der Waals surface area contributed by atoms with Crippen LogP contribution in [0.3, 0.4) is 0 Å². The molecule has 154 valence electrons. The third kappa shape index (κ3) is 3.69. The number of hydrogen-bond donors (Lipinski definition) is 2. The molecule has 0 saturated carbocycles. The Hall–Kier alpha value is -4.94. The van der Waals surface area contributed by atoms with E-state index >= 15 is 0 Å². The van der Waals surface area contributed by atoms with Crippen molar-refractivity contribution >= 4 is 34.1 Å². The van der Waals surface area contributed by atoms with Crippen LogP contribution in [-0.4, -0.2) is 35.3 Å². The summed E-state index contributed by atoms with van der Waals surface area (Å²) >= 11 is 0. The minimum atomic E-state index is -0.744. The number of rotatable bonds is 6. The molecule has 4 rings (SSSR count). The largest absolute Gasteiger partial charge is 0.355 e. The van der Waals surface area contributed by atoms with Crippen LogP contribution in [0.1, 0.15) is 10.4 Å². The number of nitro benzene ring substituents is 1. The Morgan fingerprint density at radius 2 is 1.77 bits per heavy atom. The Morgan fingerprint density at radius 1 is 0.968 bits per heavy atom. The number of hydrazine groups is 1. The van der Waals surface area contributed by atoms with Crippen molar-refractivity contribution in [3.63, 3.8) is 0 Å². The van der Waals surface area contributed by atoms with Crippen LogP contribution in [0, 0.1) is 20.2 Å². The minimum Gasteiger partial charge on any atom is -0.277 e. The molecule has 0 spiro atoms. The SMILES string of the molecule is O=C(NNc1ncnc(-n2cnc3ccccc32)c1[N+](=O)[O-])c1cccc([N+](=O)[O-])c1. The molecule has 2 aromatic carbocycles. The van der Waals surface area contributed by atoms with Crippen molar-refractivity contribution in [1.82, 2.24) is 24.9 Å². The predicted molar refractivity (Wildman–Crippen MR) is 107 cm³/mol. The van der Waals surface area contributed by atoms with Gasteiger partial charge in [-0.1, -0.05) is 18.2 Å². The van der Waals surface area contributed by atoms with Gasteiger partial charge in [0.15, 0.2) is 0 Å². The number of nitrogens with zero attached hydrogens (tertiary/aromatic N) is 6. The normalized spacial score (nSPS) is 10.6. The van der Waals surface area contributed by atoms with Crippen molar-refractivity contribution in [2.45, 2.75) is 0 Å². The Labute approximate surface area is 172 Å². The molecule has 0 aliphatic carbocycles. The Kier molecular flexibility index (Phi) is 4.89. The molecule has 4 aromatic rings. The third-order valence-corrected chi connectivity index (χ3v) is 4.28. The van der Waals surface area contributed by atoms with E-state index < -0.39 is 21.4 Å². The lowest BCUT2D eigenvalue weighted by atomic mass is 10.2. The van der Waals surface area contributed by atoms with Crippen molar-refractivity contribution in [3.05, 3.63) is 87.0 Å². The Balaban J connectivity index is 1.66. The third-order valence-electron chi connectivity index (χ3n) is 4.28. The molecule has 0 atom stereocenters. The first-order valence-electron chi connectivity index (χ1n) is 8.68. The van der Waals surface area contributed by atoms with Gasteiger partial charge in [0, 0.05) is 17.7 Å². The summed E-state index contributed by atoms with van der Waals surface area (Å²) in [6.45, 7) is 0. The summed E-state index contributed by atoms with van der Waals surface area (Å²) < 4.78 is 1.43. The summed E-state index contributed by atoms with van der Waals surface area (Å²) in [5.74, 6) is -1.07. The number of anilines is 1. The van der Waals surface area contributed by atoms with E-state index in [1.807, 2.05) is 0 Å². The molecule has 31 heavy (non-hydrogen) atoms. The number of nitrogens with one attached hydrogen (secondary N) is 2. The van der Waals surface area contributed by atoms with Crippen molar-refractivity contribution in [2.75, 3.05) is 5.43 Å². The maximum Gasteiger partial charge on any atom is 0.355 e. The second kappa shape index (κ2) is 7.82. The van der Waals surface area contributed by atoms with Crippen LogP contribution < -0.4 is 10.9 Å². The van der Waals surface area contributed by atoms with E-state index in [2.05, 4.69) is 25.8 Å². The zero-order chi connectivity index (χ0) is 22.0. The van der Waals surface area contributed by atoms with Crippen LogP contribution in [0.2, 0.25) is 0 Å². The molecular weight excluding hydrogens is 408 g/mol. The number of non-ortho nitro benzene ring substituents is 1. The van der Waals surface area contributed by atoms with Crippen LogP contribution in [-0.2, 0) is 0 Å². The molecule has 13 heteroatoms. The molecule has 0 aliphatic heterocycles. The number of carbonyl (C=O) groups excluding carboxylic acids is 1. The Morgan fingerprint density at radius 3 is 2.55 bits per heavy atom. The second-order valence-electron chi connectivity index (χ2n) is 6.14. The number of carbonyl (C=O) groups is 1. The molecule has 0 saturated heterocycles. The summed E-state index contributed by atoms with van der Waals surface area (Å²) in [5.41, 5.74) is 5.08. The summed E-state index contributed by atoms with van der Waals surface area (Å²) in [4.78, 5) is 45.7. The maximum absolute atomic E-state index is 12.3. The van der Waals surface area contributed by atoms with E-state index in [9.17, 15) is 25.0 Å². The highest BCUT2D eigenvalue weighted by atomic mass is 16.6. The number of aromatic nitrogens is 4.